The van der Waals surface area contributed by atoms with E-state index in [1.165, 1.54) is 44.9 Å². The van der Waals surface area contributed by atoms with Crippen molar-refractivity contribution in [2.75, 3.05) is 13.1 Å². The number of carbonyl (C=O) groups is 1. The lowest BCUT2D eigenvalue weighted by atomic mass is 9.78. The number of nitrogens with two attached hydrogens (primary N) is 2. The lowest BCUT2D eigenvalue weighted by Crippen LogP contribution is -2.51. The maximum absolute atomic E-state index is 11.6. The molecule has 0 bridgehead atoms. The van der Waals surface area contributed by atoms with Crippen molar-refractivity contribution in [3.05, 3.63) is 0 Å². The number of amides is 2. The van der Waals surface area contributed by atoms with Crippen LogP contribution in [0.15, 0.2) is 0 Å². The maximum Gasteiger partial charge on any atom is 0.315 e. The predicted octanol–water partition coefficient (Wildman–Crippen LogP) is 2.46. The molecule has 4 N–H and O–H groups in total. The summed E-state index contributed by atoms with van der Waals surface area (Å²) in [5.41, 5.74) is 11.5. The van der Waals surface area contributed by atoms with Gasteiger partial charge in [-0.3, -0.25) is 0 Å². The number of piperidine rings is 1. The molecule has 2 rings (SSSR count). The van der Waals surface area contributed by atoms with E-state index in [0.29, 0.717) is 12.5 Å². The molecule has 0 aromatic carbocycles. The molecule has 1 aliphatic carbocycles. The van der Waals surface area contributed by atoms with Crippen LogP contribution in [0.1, 0.15) is 57.8 Å². The normalized spacial score (nSPS) is 27.2. The van der Waals surface area contributed by atoms with Crippen LogP contribution in [0.5, 0.6) is 0 Å². The highest BCUT2D eigenvalue weighted by Crippen LogP contribution is 2.33. The highest BCUT2D eigenvalue weighted by molar-refractivity contribution is 5.72. The predicted molar refractivity (Wildman–Crippen MR) is 77.7 cm³/mol. The minimum atomic E-state index is -0.258. The van der Waals surface area contributed by atoms with Crippen molar-refractivity contribution in [2.24, 2.45) is 23.3 Å². The van der Waals surface area contributed by atoms with Crippen LogP contribution in [0.2, 0.25) is 0 Å². The Morgan fingerprint density at radius 1 is 1.11 bits per heavy atom. The molecule has 2 fully saturated rings. The highest BCUT2D eigenvalue weighted by atomic mass is 16.2. The van der Waals surface area contributed by atoms with Gasteiger partial charge in [-0.15, -0.1) is 0 Å². The zero-order valence-corrected chi connectivity index (χ0v) is 12.0. The van der Waals surface area contributed by atoms with Crippen LogP contribution < -0.4 is 11.5 Å². The highest BCUT2D eigenvalue weighted by Gasteiger charge is 2.32. The quantitative estimate of drug-likeness (QED) is 0.821. The van der Waals surface area contributed by atoms with E-state index in [1.807, 2.05) is 4.90 Å². The van der Waals surface area contributed by atoms with Crippen molar-refractivity contribution >= 4 is 6.03 Å². The lowest BCUT2D eigenvalue weighted by Gasteiger charge is -2.40. The molecule has 1 saturated carbocycles. The molecule has 2 amide bonds. The van der Waals surface area contributed by atoms with Crippen molar-refractivity contribution in [3.63, 3.8) is 0 Å². The Kier molecular flexibility index (Phi) is 5.49. The zero-order valence-electron chi connectivity index (χ0n) is 12.0. The lowest BCUT2D eigenvalue weighted by molar-refractivity contribution is 0.111. The van der Waals surface area contributed by atoms with Gasteiger partial charge in [-0.1, -0.05) is 32.1 Å². The number of primary amides is 1. The number of urea groups is 1. The first kappa shape index (κ1) is 14.6. The number of rotatable bonds is 4. The summed E-state index contributed by atoms with van der Waals surface area (Å²) in [5, 5.41) is 0. The standard InChI is InChI=1S/C15H29N3O/c16-11-13(10-12-6-2-1-3-7-12)14-8-4-5-9-18(14)15(17)19/h12-14H,1-11,16H2,(H2,17,19)/t13-,14?/m0/s1. The largest absolute Gasteiger partial charge is 0.351 e. The maximum atomic E-state index is 11.6. The van der Waals surface area contributed by atoms with Crippen molar-refractivity contribution in [2.45, 2.75) is 63.8 Å². The average Bonchev–Trinajstić information content (AvgIpc) is 2.46. The molecular weight excluding hydrogens is 238 g/mol. The second kappa shape index (κ2) is 7.13. The molecule has 2 aliphatic rings. The molecule has 19 heavy (non-hydrogen) atoms. The van der Waals surface area contributed by atoms with Gasteiger partial charge in [0.15, 0.2) is 0 Å². The van der Waals surface area contributed by atoms with Gasteiger partial charge in [0.25, 0.3) is 0 Å². The number of carbonyl (C=O) groups excluding carboxylic acids is 1. The zero-order chi connectivity index (χ0) is 13.7. The van der Waals surface area contributed by atoms with Crippen molar-refractivity contribution in [3.8, 4) is 0 Å². The van der Waals surface area contributed by atoms with Gasteiger partial charge in [-0.05, 0) is 44.1 Å². The second-order valence-electron chi connectivity index (χ2n) is 6.33. The summed E-state index contributed by atoms with van der Waals surface area (Å²) in [6.07, 6.45) is 11.4. The Labute approximate surface area is 116 Å². The third-order valence-corrected chi connectivity index (χ3v) is 5.04. The van der Waals surface area contributed by atoms with E-state index in [4.69, 9.17) is 11.5 Å². The van der Waals surface area contributed by atoms with Crippen LogP contribution in [-0.4, -0.2) is 30.1 Å². The monoisotopic (exact) mass is 267 g/mol. The third kappa shape index (κ3) is 3.85. The van der Waals surface area contributed by atoms with Gasteiger partial charge in [0, 0.05) is 12.6 Å². The average molecular weight is 267 g/mol. The summed E-state index contributed by atoms with van der Waals surface area (Å²) in [5.74, 6) is 1.26. The van der Waals surface area contributed by atoms with Gasteiger partial charge < -0.3 is 16.4 Å². The molecule has 1 unspecified atom stereocenters. The van der Waals surface area contributed by atoms with E-state index < -0.39 is 0 Å². The number of likely N-dealkylation sites (tertiary alicyclic amines) is 1. The van der Waals surface area contributed by atoms with E-state index in [-0.39, 0.29) is 12.1 Å². The molecule has 1 aliphatic heterocycles. The van der Waals surface area contributed by atoms with Gasteiger partial charge in [0.05, 0.1) is 0 Å². The van der Waals surface area contributed by atoms with E-state index in [0.717, 1.165) is 25.3 Å². The Balaban J connectivity index is 1.95. The minimum Gasteiger partial charge on any atom is -0.351 e. The SMILES string of the molecule is NC[C@H](CC1CCCCC1)C1CCCCN1C(N)=O. The van der Waals surface area contributed by atoms with Crippen molar-refractivity contribution < 1.29 is 4.79 Å². The molecule has 110 valence electrons. The van der Waals surface area contributed by atoms with Crippen LogP contribution in [0, 0.1) is 11.8 Å². The first-order chi connectivity index (χ1) is 9.22. The van der Waals surface area contributed by atoms with Crippen molar-refractivity contribution in [1.29, 1.82) is 0 Å². The molecule has 4 nitrogen and oxygen atoms in total. The first-order valence-corrected chi connectivity index (χ1v) is 7.98. The fourth-order valence-corrected chi connectivity index (χ4v) is 3.98. The molecule has 2 atom stereocenters. The van der Waals surface area contributed by atoms with Gasteiger partial charge >= 0.3 is 6.03 Å². The molecule has 4 heteroatoms. The summed E-state index contributed by atoms with van der Waals surface area (Å²) in [6.45, 7) is 1.51. The second-order valence-corrected chi connectivity index (χ2v) is 6.33. The molecule has 0 aromatic heterocycles. The van der Waals surface area contributed by atoms with Gasteiger partial charge in [-0.2, -0.15) is 0 Å². The molecule has 1 heterocycles. The Hall–Kier alpha value is -0.770. The van der Waals surface area contributed by atoms with Crippen LogP contribution in [0.25, 0.3) is 0 Å². The first-order valence-electron chi connectivity index (χ1n) is 7.98. The summed E-state index contributed by atoms with van der Waals surface area (Å²) >= 11 is 0. The summed E-state index contributed by atoms with van der Waals surface area (Å²) in [4.78, 5) is 13.5. The van der Waals surface area contributed by atoms with E-state index in [1.54, 1.807) is 0 Å². The topological polar surface area (TPSA) is 72.3 Å². The van der Waals surface area contributed by atoms with Crippen molar-refractivity contribution in [1.82, 2.24) is 4.90 Å². The number of nitrogens with zero attached hydrogens (tertiary/aromatic N) is 1. The van der Waals surface area contributed by atoms with Crippen LogP contribution in [0.3, 0.4) is 0 Å². The van der Waals surface area contributed by atoms with Crippen LogP contribution in [-0.2, 0) is 0 Å². The van der Waals surface area contributed by atoms with E-state index in [9.17, 15) is 4.79 Å². The molecular formula is C15H29N3O. The smallest absolute Gasteiger partial charge is 0.315 e. The Bertz CT molecular complexity index is 289. The Morgan fingerprint density at radius 2 is 1.79 bits per heavy atom. The number of hydrogen-bond donors (Lipinski definition) is 2. The summed E-state index contributed by atoms with van der Waals surface area (Å²) < 4.78 is 0. The van der Waals surface area contributed by atoms with Gasteiger partial charge in [-0.25, -0.2) is 4.79 Å². The van der Waals surface area contributed by atoms with Crippen LogP contribution in [0.4, 0.5) is 4.79 Å². The fourth-order valence-electron chi connectivity index (χ4n) is 3.98. The van der Waals surface area contributed by atoms with Gasteiger partial charge in [0.2, 0.25) is 0 Å². The fraction of sp³-hybridized carbons (Fsp3) is 0.933. The van der Waals surface area contributed by atoms with E-state index >= 15 is 0 Å². The molecule has 0 aromatic rings. The Morgan fingerprint density at radius 3 is 2.42 bits per heavy atom. The molecule has 0 spiro atoms. The summed E-state index contributed by atoms with van der Waals surface area (Å²) in [6, 6.07) is 0.0324. The number of hydrogen-bond acceptors (Lipinski definition) is 2. The molecule has 1 saturated heterocycles. The summed E-state index contributed by atoms with van der Waals surface area (Å²) in [7, 11) is 0. The van der Waals surface area contributed by atoms with E-state index in [2.05, 4.69) is 0 Å². The molecule has 0 radical (unpaired) electrons. The third-order valence-electron chi connectivity index (χ3n) is 5.04. The van der Waals surface area contributed by atoms with Gasteiger partial charge in [0.1, 0.15) is 0 Å². The van der Waals surface area contributed by atoms with Crippen LogP contribution >= 0.6 is 0 Å². The minimum absolute atomic E-state index is 0.258.